The molecule has 0 bridgehead atoms. The van der Waals surface area contributed by atoms with E-state index in [-0.39, 0.29) is 61.3 Å². The van der Waals surface area contributed by atoms with Crippen LogP contribution in [0.15, 0.2) is 0 Å². The van der Waals surface area contributed by atoms with Crippen LogP contribution in [0.3, 0.4) is 0 Å². The number of ether oxygens (including phenoxy) is 2. The molecule has 1 heterocycles. The van der Waals surface area contributed by atoms with Crippen LogP contribution in [-0.4, -0.2) is 43.1 Å². The lowest BCUT2D eigenvalue weighted by molar-refractivity contribution is -0.168. The lowest BCUT2D eigenvalue weighted by Crippen LogP contribution is -2.50. The first-order valence-electron chi connectivity index (χ1n) is 8.74. The molecule has 2 N–H and O–H groups in total. The summed E-state index contributed by atoms with van der Waals surface area (Å²) in [4.78, 5) is 34.0. The van der Waals surface area contributed by atoms with Crippen molar-refractivity contribution in [3.63, 3.8) is 0 Å². The normalized spacial score (nSPS) is 28.9. The highest BCUT2D eigenvalue weighted by molar-refractivity contribution is 7.78. The maximum absolute atomic E-state index is 11.9. The van der Waals surface area contributed by atoms with E-state index >= 15 is 0 Å². The second-order valence-electron chi connectivity index (χ2n) is 6.79. The summed E-state index contributed by atoms with van der Waals surface area (Å²) >= 11 is 3.67. The van der Waals surface area contributed by atoms with Crippen molar-refractivity contribution in [3.05, 3.63) is 0 Å². The molecule has 0 aliphatic carbocycles. The van der Waals surface area contributed by atoms with Gasteiger partial charge in [-0.05, 0) is 24.2 Å². The van der Waals surface area contributed by atoms with Crippen LogP contribution in [0, 0.1) is 17.8 Å². The molecule has 5 unspecified atom stereocenters. The zero-order valence-electron chi connectivity index (χ0n) is 15.4. The van der Waals surface area contributed by atoms with Crippen molar-refractivity contribution in [2.75, 3.05) is 13.2 Å². The van der Waals surface area contributed by atoms with Crippen LogP contribution < -0.4 is 10.0 Å². The van der Waals surface area contributed by atoms with Gasteiger partial charge in [-0.2, -0.15) is 0 Å². The fourth-order valence-corrected chi connectivity index (χ4v) is 3.13. The lowest BCUT2D eigenvalue weighted by Gasteiger charge is -2.43. The number of esters is 1. The molecular weight excluding hydrogens is 344 g/mol. The summed E-state index contributed by atoms with van der Waals surface area (Å²) in [6, 6.07) is 0. The van der Waals surface area contributed by atoms with Gasteiger partial charge in [-0.1, -0.05) is 33.6 Å². The van der Waals surface area contributed by atoms with Crippen molar-refractivity contribution in [2.24, 2.45) is 17.8 Å². The van der Waals surface area contributed by atoms with E-state index in [9.17, 15) is 14.4 Å². The molecule has 0 aromatic carbocycles. The molecule has 0 aromatic heterocycles. The minimum atomic E-state index is -0.322. The van der Waals surface area contributed by atoms with E-state index in [1.807, 2.05) is 0 Å². The van der Waals surface area contributed by atoms with Gasteiger partial charge in [0.2, 0.25) is 11.8 Å². The SMILES string of the molecule is CC(=O)OCC1OC(CNC(=O)CCCC(=O)NS)C(C)C(C)C1C. The summed E-state index contributed by atoms with van der Waals surface area (Å²) in [7, 11) is 0. The summed E-state index contributed by atoms with van der Waals surface area (Å²) in [5, 5.41) is 2.87. The van der Waals surface area contributed by atoms with Crippen molar-refractivity contribution in [3.8, 4) is 0 Å². The van der Waals surface area contributed by atoms with Crippen LogP contribution in [0.1, 0.15) is 47.0 Å². The monoisotopic (exact) mass is 374 g/mol. The molecule has 0 aromatic rings. The van der Waals surface area contributed by atoms with Crippen LogP contribution in [0.25, 0.3) is 0 Å². The number of carbonyl (C=O) groups is 3. The van der Waals surface area contributed by atoms with E-state index in [1.165, 1.54) is 6.92 Å². The second kappa shape index (κ2) is 10.7. The van der Waals surface area contributed by atoms with Crippen LogP contribution in [0.2, 0.25) is 0 Å². The first kappa shape index (κ1) is 21.8. The quantitative estimate of drug-likeness (QED) is 0.442. The fraction of sp³-hybridized carbons (Fsp3) is 0.824. The predicted molar refractivity (Wildman–Crippen MR) is 96.8 cm³/mol. The van der Waals surface area contributed by atoms with Gasteiger partial charge in [0, 0.05) is 26.3 Å². The molecule has 2 amide bonds. The standard InChI is InChI=1S/C17H30N2O5S/c1-10-11(2)14(24-15(12(10)3)9-23-13(4)20)8-18-16(21)6-5-7-17(22)19-25/h10-12,14-15,25H,5-9H2,1-4H3,(H,18,21)(H,19,22). The molecule has 0 spiro atoms. The predicted octanol–water partition coefficient (Wildman–Crippen LogP) is 1.47. The Kier molecular flexibility index (Phi) is 9.27. The number of amides is 2. The molecule has 1 rings (SSSR count). The Balaban J connectivity index is 2.45. The van der Waals surface area contributed by atoms with Crippen molar-refractivity contribution >= 4 is 30.6 Å². The van der Waals surface area contributed by atoms with Gasteiger partial charge in [0.05, 0.1) is 12.2 Å². The van der Waals surface area contributed by atoms with E-state index in [1.54, 1.807) is 0 Å². The number of hydrogen-bond acceptors (Lipinski definition) is 6. The first-order chi connectivity index (χ1) is 11.8. The topological polar surface area (TPSA) is 93.7 Å². The molecular formula is C17H30N2O5S. The van der Waals surface area contributed by atoms with E-state index in [2.05, 4.69) is 43.6 Å². The van der Waals surface area contributed by atoms with E-state index in [0.717, 1.165) is 0 Å². The molecule has 8 heteroatoms. The maximum Gasteiger partial charge on any atom is 0.302 e. The molecule has 1 saturated heterocycles. The largest absolute Gasteiger partial charge is 0.463 e. The second-order valence-corrected chi connectivity index (χ2v) is 7.01. The van der Waals surface area contributed by atoms with Crippen LogP contribution in [-0.2, 0) is 23.9 Å². The maximum atomic E-state index is 11.9. The number of carbonyl (C=O) groups excluding carboxylic acids is 3. The Bertz CT molecular complexity index is 474. The van der Waals surface area contributed by atoms with Gasteiger partial charge in [0.1, 0.15) is 6.61 Å². The van der Waals surface area contributed by atoms with Gasteiger partial charge in [0.25, 0.3) is 0 Å². The highest BCUT2D eigenvalue weighted by Crippen LogP contribution is 2.34. The Labute approximate surface area is 155 Å². The minimum absolute atomic E-state index is 0.106. The summed E-state index contributed by atoms with van der Waals surface area (Å²) in [6.07, 6.45) is 0.728. The third-order valence-electron chi connectivity index (χ3n) is 5.06. The number of hydrogen-bond donors (Lipinski definition) is 3. The molecule has 5 atom stereocenters. The van der Waals surface area contributed by atoms with Gasteiger partial charge in [-0.15, -0.1) is 0 Å². The molecule has 1 aliphatic heterocycles. The number of thiol groups is 1. The highest BCUT2D eigenvalue weighted by atomic mass is 32.1. The third-order valence-corrected chi connectivity index (χ3v) is 5.31. The average molecular weight is 375 g/mol. The highest BCUT2D eigenvalue weighted by Gasteiger charge is 2.39. The zero-order chi connectivity index (χ0) is 19.0. The van der Waals surface area contributed by atoms with Crippen LogP contribution >= 0.6 is 12.8 Å². The zero-order valence-corrected chi connectivity index (χ0v) is 16.3. The van der Waals surface area contributed by atoms with Crippen LogP contribution in [0.4, 0.5) is 0 Å². The average Bonchev–Trinajstić information content (AvgIpc) is 2.57. The van der Waals surface area contributed by atoms with Gasteiger partial charge in [-0.3, -0.25) is 14.4 Å². The molecule has 25 heavy (non-hydrogen) atoms. The molecule has 0 saturated carbocycles. The van der Waals surface area contributed by atoms with Gasteiger partial charge in [-0.25, -0.2) is 0 Å². The first-order valence-corrected chi connectivity index (χ1v) is 9.19. The van der Waals surface area contributed by atoms with Crippen molar-refractivity contribution in [1.29, 1.82) is 0 Å². The van der Waals surface area contributed by atoms with Crippen molar-refractivity contribution in [2.45, 2.75) is 59.2 Å². The summed E-state index contributed by atoms with van der Waals surface area (Å²) in [5.74, 6) is 0.300. The molecule has 144 valence electrons. The van der Waals surface area contributed by atoms with Gasteiger partial charge >= 0.3 is 5.97 Å². The molecule has 1 aliphatic rings. The van der Waals surface area contributed by atoms with Crippen molar-refractivity contribution in [1.82, 2.24) is 10.0 Å². The van der Waals surface area contributed by atoms with Gasteiger partial charge in [0.15, 0.2) is 0 Å². The molecule has 7 nitrogen and oxygen atoms in total. The molecule has 1 fully saturated rings. The number of rotatable bonds is 8. The molecule has 0 radical (unpaired) electrons. The third kappa shape index (κ3) is 7.23. The summed E-state index contributed by atoms with van der Waals surface area (Å²) in [5.41, 5.74) is 0. The minimum Gasteiger partial charge on any atom is -0.463 e. The Morgan fingerprint density at radius 3 is 2.20 bits per heavy atom. The fourth-order valence-electron chi connectivity index (χ4n) is 3.02. The van der Waals surface area contributed by atoms with E-state index in [0.29, 0.717) is 18.9 Å². The Hall–Kier alpha value is -1.28. The number of nitrogens with one attached hydrogen (secondary N) is 2. The lowest BCUT2D eigenvalue weighted by atomic mass is 9.76. The van der Waals surface area contributed by atoms with Crippen LogP contribution in [0.5, 0.6) is 0 Å². The van der Waals surface area contributed by atoms with Gasteiger partial charge < -0.3 is 19.5 Å². The van der Waals surface area contributed by atoms with Crippen molar-refractivity contribution < 1.29 is 23.9 Å². The van der Waals surface area contributed by atoms with E-state index < -0.39 is 0 Å². The Morgan fingerprint density at radius 2 is 1.60 bits per heavy atom. The van der Waals surface area contributed by atoms with E-state index in [4.69, 9.17) is 9.47 Å². The summed E-state index contributed by atoms with van der Waals surface area (Å²) in [6.45, 7) is 8.38. The Morgan fingerprint density at radius 1 is 1.00 bits per heavy atom. The summed E-state index contributed by atoms with van der Waals surface area (Å²) < 4.78 is 13.4. The smallest absolute Gasteiger partial charge is 0.302 e.